The van der Waals surface area contributed by atoms with Crippen LogP contribution >= 0.6 is 0 Å². The van der Waals surface area contributed by atoms with Crippen LogP contribution in [0.4, 0.5) is 11.4 Å². The van der Waals surface area contributed by atoms with Gasteiger partial charge in [-0.05, 0) is 73.7 Å². The summed E-state index contributed by atoms with van der Waals surface area (Å²) in [4.78, 5) is 24.8. The van der Waals surface area contributed by atoms with Crippen molar-refractivity contribution in [3.63, 3.8) is 0 Å². The number of carbonyl (C=O) groups excluding carboxylic acids is 2. The van der Waals surface area contributed by atoms with Gasteiger partial charge in [0.2, 0.25) is 5.91 Å². The number of carbonyl (C=O) groups is 2. The van der Waals surface area contributed by atoms with E-state index in [2.05, 4.69) is 28.1 Å². The molecular formula is C29H33N3O4. The first-order chi connectivity index (χ1) is 17.7. The molecule has 1 saturated heterocycles. The summed E-state index contributed by atoms with van der Waals surface area (Å²) in [6, 6.07) is 24.8. The third-order valence-electron chi connectivity index (χ3n) is 5.95. The fourth-order valence-corrected chi connectivity index (χ4v) is 4.02. The van der Waals surface area contributed by atoms with Gasteiger partial charge in [-0.25, -0.2) is 0 Å². The second kappa shape index (κ2) is 13.3. The summed E-state index contributed by atoms with van der Waals surface area (Å²) in [6.45, 7) is 1.99. The summed E-state index contributed by atoms with van der Waals surface area (Å²) >= 11 is 0. The van der Waals surface area contributed by atoms with E-state index in [1.807, 2.05) is 48.5 Å². The molecule has 0 saturated carbocycles. The van der Waals surface area contributed by atoms with Gasteiger partial charge in [0, 0.05) is 30.1 Å². The molecule has 1 aliphatic heterocycles. The molecule has 0 bridgehead atoms. The van der Waals surface area contributed by atoms with Crippen LogP contribution in [0.25, 0.3) is 0 Å². The Balaban J connectivity index is 1.16. The molecule has 1 heterocycles. The van der Waals surface area contributed by atoms with Crippen LogP contribution in [-0.4, -0.2) is 44.2 Å². The lowest BCUT2D eigenvalue weighted by Crippen LogP contribution is -2.31. The SMILES string of the molecule is O=C(CNc1cccc(C(=O)NCC2CCCO2)c1)Nc1ccc(OCCCc2ccccc2)cc1. The van der Waals surface area contributed by atoms with Crippen LogP contribution in [0.5, 0.6) is 5.75 Å². The molecule has 0 aromatic heterocycles. The molecule has 1 aliphatic rings. The van der Waals surface area contributed by atoms with Crippen molar-refractivity contribution in [3.8, 4) is 5.75 Å². The average Bonchev–Trinajstić information content (AvgIpc) is 3.44. The van der Waals surface area contributed by atoms with Crippen molar-refractivity contribution in [1.29, 1.82) is 0 Å². The minimum atomic E-state index is -0.181. The van der Waals surface area contributed by atoms with E-state index in [1.54, 1.807) is 18.2 Å². The van der Waals surface area contributed by atoms with Crippen molar-refractivity contribution < 1.29 is 19.1 Å². The zero-order valence-electron chi connectivity index (χ0n) is 20.4. The molecule has 1 unspecified atom stereocenters. The van der Waals surface area contributed by atoms with E-state index in [9.17, 15) is 9.59 Å². The predicted molar refractivity (Wildman–Crippen MR) is 142 cm³/mol. The van der Waals surface area contributed by atoms with Crippen molar-refractivity contribution in [2.24, 2.45) is 0 Å². The van der Waals surface area contributed by atoms with Crippen molar-refractivity contribution >= 4 is 23.2 Å². The summed E-state index contributed by atoms with van der Waals surface area (Å²) in [6.07, 6.45) is 4.02. The number of nitrogens with one attached hydrogen (secondary N) is 3. The molecule has 36 heavy (non-hydrogen) atoms. The lowest BCUT2D eigenvalue weighted by atomic mass is 10.1. The third-order valence-corrected chi connectivity index (χ3v) is 5.95. The first-order valence-electron chi connectivity index (χ1n) is 12.5. The van der Waals surface area contributed by atoms with E-state index < -0.39 is 0 Å². The number of hydrogen-bond donors (Lipinski definition) is 3. The Morgan fingerprint density at radius 3 is 2.56 bits per heavy atom. The number of amides is 2. The predicted octanol–water partition coefficient (Wildman–Crippen LogP) is 4.66. The van der Waals surface area contributed by atoms with Crippen LogP contribution in [0.3, 0.4) is 0 Å². The largest absolute Gasteiger partial charge is 0.494 e. The molecular weight excluding hydrogens is 454 g/mol. The molecule has 4 rings (SSSR count). The Morgan fingerprint density at radius 1 is 0.944 bits per heavy atom. The Bertz CT molecular complexity index is 1110. The molecule has 0 spiro atoms. The van der Waals surface area contributed by atoms with Gasteiger partial charge in [-0.1, -0.05) is 36.4 Å². The van der Waals surface area contributed by atoms with Crippen LogP contribution in [0.2, 0.25) is 0 Å². The van der Waals surface area contributed by atoms with E-state index in [-0.39, 0.29) is 24.5 Å². The fourth-order valence-electron chi connectivity index (χ4n) is 4.02. The summed E-state index contributed by atoms with van der Waals surface area (Å²) in [5.74, 6) is 0.439. The second-order valence-corrected chi connectivity index (χ2v) is 8.79. The molecule has 2 amide bonds. The Labute approximate surface area is 212 Å². The summed E-state index contributed by atoms with van der Waals surface area (Å²) in [7, 11) is 0. The number of anilines is 2. The molecule has 0 radical (unpaired) electrons. The van der Waals surface area contributed by atoms with Crippen LogP contribution in [0, 0.1) is 0 Å². The third kappa shape index (κ3) is 8.13. The van der Waals surface area contributed by atoms with E-state index in [0.717, 1.165) is 38.0 Å². The molecule has 7 nitrogen and oxygen atoms in total. The van der Waals surface area contributed by atoms with E-state index >= 15 is 0 Å². The molecule has 1 fully saturated rings. The minimum absolute atomic E-state index is 0.0821. The zero-order valence-corrected chi connectivity index (χ0v) is 20.4. The molecule has 0 aliphatic carbocycles. The molecule has 3 N–H and O–H groups in total. The maximum atomic E-state index is 12.4. The van der Waals surface area contributed by atoms with Gasteiger partial charge in [0.05, 0.1) is 19.3 Å². The zero-order chi connectivity index (χ0) is 25.0. The summed E-state index contributed by atoms with van der Waals surface area (Å²) < 4.78 is 11.3. The Hall–Kier alpha value is -3.84. The van der Waals surface area contributed by atoms with Gasteiger partial charge in [-0.2, -0.15) is 0 Å². The van der Waals surface area contributed by atoms with E-state index in [0.29, 0.717) is 30.1 Å². The maximum Gasteiger partial charge on any atom is 0.251 e. The molecule has 188 valence electrons. The highest BCUT2D eigenvalue weighted by Crippen LogP contribution is 2.17. The molecule has 1 atom stereocenters. The molecule has 3 aromatic rings. The van der Waals surface area contributed by atoms with Crippen LogP contribution < -0.4 is 20.7 Å². The highest BCUT2D eigenvalue weighted by Gasteiger charge is 2.16. The van der Waals surface area contributed by atoms with Crippen molar-refractivity contribution in [2.75, 3.05) is 36.9 Å². The monoisotopic (exact) mass is 487 g/mol. The maximum absolute atomic E-state index is 12.4. The minimum Gasteiger partial charge on any atom is -0.494 e. The van der Waals surface area contributed by atoms with Crippen LogP contribution in [-0.2, 0) is 16.0 Å². The Morgan fingerprint density at radius 2 is 1.78 bits per heavy atom. The van der Waals surface area contributed by atoms with Crippen LogP contribution in [0.15, 0.2) is 78.9 Å². The number of benzene rings is 3. The smallest absolute Gasteiger partial charge is 0.251 e. The topological polar surface area (TPSA) is 88.7 Å². The fraction of sp³-hybridized carbons (Fsp3) is 0.310. The standard InChI is InChI=1S/C29H33N3O4/c33-28(21-30-25-11-4-10-23(19-25)29(34)31-20-27-12-6-18-36-27)32-24-13-15-26(16-14-24)35-17-5-9-22-7-2-1-3-8-22/h1-4,7-8,10-11,13-16,19,27,30H,5-6,9,12,17-18,20-21H2,(H,31,34)(H,32,33). The molecule has 3 aromatic carbocycles. The number of aryl methyl sites for hydroxylation is 1. The quantitative estimate of drug-likeness (QED) is 0.324. The van der Waals surface area contributed by atoms with Crippen molar-refractivity contribution in [3.05, 3.63) is 90.0 Å². The van der Waals surface area contributed by atoms with Crippen molar-refractivity contribution in [2.45, 2.75) is 31.8 Å². The lowest BCUT2D eigenvalue weighted by Gasteiger charge is -2.12. The van der Waals surface area contributed by atoms with Gasteiger partial charge >= 0.3 is 0 Å². The van der Waals surface area contributed by atoms with Gasteiger partial charge in [-0.3, -0.25) is 9.59 Å². The second-order valence-electron chi connectivity index (χ2n) is 8.79. The number of rotatable bonds is 12. The first-order valence-corrected chi connectivity index (χ1v) is 12.5. The summed E-state index contributed by atoms with van der Waals surface area (Å²) in [5.41, 5.74) is 3.24. The average molecular weight is 488 g/mol. The van der Waals surface area contributed by atoms with E-state index in [4.69, 9.17) is 9.47 Å². The van der Waals surface area contributed by atoms with Crippen LogP contribution in [0.1, 0.15) is 35.2 Å². The highest BCUT2D eigenvalue weighted by molar-refractivity contribution is 5.96. The number of hydrogen-bond acceptors (Lipinski definition) is 5. The first kappa shape index (κ1) is 25.3. The van der Waals surface area contributed by atoms with Gasteiger partial charge in [0.1, 0.15) is 5.75 Å². The molecule has 7 heteroatoms. The van der Waals surface area contributed by atoms with Gasteiger partial charge in [0.25, 0.3) is 5.91 Å². The van der Waals surface area contributed by atoms with Gasteiger partial charge in [-0.15, -0.1) is 0 Å². The van der Waals surface area contributed by atoms with Gasteiger partial charge < -0.3 is 25.4 Å². The highest BCUT2D eigenvalue weighted by atomic mass is 16.5. The summed E-state index contributed by atoms with van der Waals surface area (Å²) in [5, 5.41) is 8.85. The Kier molecular flexibility index (Phi) is 9.33. The normalized spacial score (nSPS) is 14.7. The lowest BCUT2D eigenvalue weighted by molar-refractivity contribution is -0.114. The van der Waals surface area contributed by atoms with Gasteiger partial charge in [0.15, 0.2) is 0 Å². The van der Waals surface area contributed by atoms with E-state index in [1.165, 1.54) is 5.56 Å². The van der Waals surface area contributed by atoms with Crippen molar-refractivity contribution in [1.82, 2.24) is 5.32 Å². The number of ether oxygens (including phenoxy) is 2.